The second-order valence-electron chi connectivity index (χ2n) is 4.94. The molecule has 1 fully saturated rings. The lowest BCUT2D eigenvalue weighted by atomic mass is 10.1. The van der Waals surface area contributed by atoms with Gasteiger partial charge in [0.05, 0.1) is 0 Å². The van der Waals surface area contributed by atoms with Crippen LogP contribution in [-0.4, -0.2) is 31.1 Å². The van der Waals surface area contributed by atoms with Crippen LogP contribution in [0, 0.1) is 6.92 Å². The Morgan fingerprint density at radius 3 is 2.71 bits per heavy atom. The summed E-state index contributed by atoms with van der Waals surface area (Å²) in [4.78, 5) is 2.35. The van der Waals surface area contributed by atoms with Gasteiger partial charge in [0.25, 0.3) is 0 Å². The van der Waals surface area contributed by atoms with Gasteiger partial charge in [-0.05, 0) is 38.4 Å². The third kappa shape index (κ3) is 3.20. The summed E-state index contributed by atoms with van der Waals surface area (Å²) in [5.41, 5.74) is 8.07. The SMILES string of the molecule is Cc1ccc(CN)c(OC2CCN(C)CC2)c1. The summed E-state index contributed by atoms with van der Waals surface area (Å²) in [5.74, 6) is 0.974. The molecule has 17 heavy (non-hydrogen) atoms. The molecule has 0 atom stereocenters. The van der Waals surface area contributed by atoms with Gasteiger partial charge in [0.2, 0.25) is 0 Å². The molecule has 0 amide bonds. The number of hydrogen-bond acceptors (Lipinski definition) is 3. The van der Waals surface area contributed by atoms with Gasteiger partial charge in [-0.1, -0.05) is 12.1 Å². The summed E-state index contributed by atoms with van der Waals surface area (Å²) in [7, 11) is 2.16. The first-order chi connectivity index (χ1) is 8.19. The van der Waals surface area contributed by atoms with E-state index in [-0.39, 0.29) is 0 Å². The highest BCUT2D eigenvalue weighted by Gasteiger charge is 2.18. The zero-order valence-electron chi connectivity index (χ0n) is 10.8. The molecule has 1 saturated heterocycles. The molecule has 3 heteroatoms. The molecule has 0 unspecified atom stereocenters. The van der Waals surface area contributed by atoms with E-state index in [2.05, 4.69) is 37.1 Å². The fraction of sp³-hybridized carbons (Fsp3) is 0.571. The van der Waals surface area contributed by atoms with Crippen LogP contribution in [0.1, 0.15) is 24.0 Å². The van der Waals surface area contributed by atoms with Gasteiger partial charge in [-0.15, -0.1) is 0 Å². The van der Waals surface area contributed by atoms with Crippen molar-refractivity contribution in [2.75, 3.05) is 20.1 Å². The maximum Gasteiger partial charge on any atom is 0.124 e. The molecule has 2 N–H and O–H groups in total. The van der Waals surface area contributed by atoms with Crippen molar-refractivity contribution in [3.63, 3.8) is 0 Å². The van der Waals surface area contributed by atoms with Crippen LogP contribution < -0.4 is 10.5 Å². The quantitative estimate of drug-likeness (QED) is 0.868. The molecule has 1 aliphatic heterocycles. The average molecular weight is 234 g/mol. The van der Waals surface area contributed by atoms with Crippen molar-refractivity contribution in [1.82, 2.24) is 4.90 Å². The predicted molar refractivity (Wildman–Crippen MR) is 70.2 cm³/mol. The van der Waals surface area contributed by atoms with E-state index in [1.165, 1.54) is 5.56 Å². The van der Waals surface area contributed by atoms with E-state index >= 15 is 0 Å². The normalized spacial score (nSPS) is 18.3. The second-order valence-corrected chi connectivity index (χ2v) is 4.94. The van der Waals surface area contributed by atoms with Crippen LogP contribution in [0.15, 0.2) is 18.2 Å². The van der Waals surface area contributed by atoms with E-state index in [4.69, 9.17) is 10.5 Å². The van der Waals surface area contributed by atoms with Gasteiger partial charge in [-0.2, -0.15) is 0 Å². The summed E-state index contributed by atoms with van der Waals surface area (Å²) in [6, 6.07) is 6.25. The molecule has 0 aliphatic carbocycles. The number of ether oxygens (including phenoxy) is 1. The summed E-state index contributed by atoms with van der Waals surface area (Å²) < 4.78 is 6.10. The third-order valence-electron chi connectivity index (χ3n) is 3.40. The third-order valence-corrected chi connectivity index (χ3v) is 3.40. The van der Waals surface area contributed by atoms with E-state index in [0.717, 1.165) is 37.2 Å². The molecule has 1 aromatic carbocycles. The van der Waals surface area contributed by atoms with Gasteiger partial charge in [-0.25, -0.2) is 0 Å². The largest absolute Gasteiger partial charge is 0.490 e. The van der Waals surface area contributed by atoms with Crippen LogP contribution in [0.2, 0.25) is 0 Å². The molecule has 94 valence electrons. The van der Waals surface area contributed by atoms with Crippen molar-refractivity contribution < 1.29 is 4.74 Å². The van der Waals surface area contributed by atoms with Crippen LogP contribution in [0.5, 0.6) is 5.75 Å². The van der Waals surface area contributed by atoms with E-state index < -0.39 is 0 Å². The minimum atomic E-state index is 0.346. The highest BCUT2D eigenvalue weighted by atomic mass is 16.5. The average Bonchev–Trinajstić information content (AvgIpc) is 2.32. The van der Waals surface area contributed by atoms with Crippen molar-refractivity contribution in [3.05, 3.63) is 29.3 Å². The van der Waals surface area contributed by atoms with Gasteiger partial charge in [0.15, 0.2) is 0 Å². The monoisotopic (exact) mass is 234 g/mol. The molecular weight excluding hydrogens is 212 g/mol. The van der Waals surface area contributed by atoms with Crippen LogP contribution in [0.3, 0.4) is 0 Å². The molecular formula is C14H22N2O. The molecule has 0 saturated carbocycles. The van der Waals surface area contributed by atoms with Gasteiger partial charge < -0.3 is 15.4 Å². The Morgan fingerprint density at radius 2 is 2.06 bits per heavy atom. The molecule has 0 bridgehead atoms. The first-order valence-electron chi connectivity index (χ1n) is 6.34. The fourth-order valence-electron chi connectivity index (χ4n) is 2.22. The summed E-state index contributed by atoms with van der Waals surface area (Å²) in [5, 5.41) is 0. The summed E-state index contributed by atoms with van der Waals surface area (Å²) in [6.07, 6.45) is 2.56. The lowest BCUT2D eigenvalue weighted by Gasteiger charge is -2.30. The van der Waals surface area contributed by atoms with Crippen molar-refractivity contribution >= 4 is 0 Å². The zero-order chi connectivity index (χ0) is 12.3. The van der Waals surface area contributed by atoms with Gasteiger partial charge in [0, 0.05) is 25.2 Å². The number of nitrogens with two attached hydrogens (primary N) is 1. The van der Waals surface area contributed by atoms with Crippen LogP contribution in [0.4, 0.5) is 0 Å². The molecule has 3 nitrogen and oxygen atoms in total. The standard InChI is InChI=1S/C14H22N2O/c1-11-3-4-12(10-15)14(9-11)17-13-5-7-16(2)8-6-13/h3-4,9,13H,5-8,10,15H2,1-2H3. The first kappa shape index (κ1) is 12.4. The maximum absolute atomic E-state index is 6.10. The van der Waals surface area contributed by atoms with Gasteiger partial charge >= 0.3 is 0 Å². The lowest BCUT2D eigenvalue weighted by molar-refractivity contribution is 0.113. The van der Waals surface area contributed by atoms with E-state index in [1.54, 1.807) is 0 Å². The van der Waals surface area contributed by atoms with Crippen LogP contribution in [0.25, 0.3) is 0 Å². The number of aryl methyl sites for hydroxylation is 1. The number of hydrogen-bond donors (Lipinski definition) is 1. The van der Waals surface area contributed by atoms with Gasteiger partial charge in [-0.3, -0.25) is 0 Å². The van der Waals surface area contributed by atoms with Crippen LogP contribution in [-0.2, 0) is 6.54 Å². The topological polar surface area (TPSA) is 38.5 Å². The minimum absolute atomic E-state index is 0.346. The Morgan fingerprint density at radius 1 is 1.35 bits per heavy atom. The molecule has 1 aliphatic rings. The number of likely N-dealkylation sites (tertiary alicyclic amines) is 1. The zero-order valence-corrected chi connectivity index (χ0v) is 10.8. The number of nitrogens with zero attached hydrogens (tertiary/aromatic N) is 1. The first-order valence-corrected chi connectivity index (χ1v) is 6.34. The molecule has 0 aromatic heterocycles. The molecule has 0 radical (unpaired) electrons. The fourth-order valence-corrected chi connectivity index (χ4v) is 2.22. The molecule has 2 rings (SSSR count). The molecule has 1 heterocycles. The Balaban J connectivity index is 2.04. The summed E-state index contributed by atoms with van der Waals surface area (Å²) in [6.45, 7) is 4.87. The minimum Gasteiger partial charge on any atom is -0.490 e. The van der Waals surface area contributed by atoms with E-state index in [9.17, 15) is 0 Å². The van der Waals surface area contributed by atoms with Crippen molar-refractivity contribution in [2.24, 2.45) is 5.73 Å². The Labute approximate surface area is 104 Å². The maximum atomic E-state index is 6.10. The molecule has 1 aromatic rings. The number of rotatable bonds is 3. The van der Waals surface area contributed by atoms with Crippen LogP contribution >= 0.6 is 0 Å². The number of piperidine rings is 1. The van der Waals surface area contributed by atoms with Gasteiger partial charge in [0.1, 0.15) is 11.9 Å². The highest BCUT2D eigenvalue weighted by molar-refractivity contribution is 5.37. The second kappa shape index (κ2) is 5.52. The Bertz CT molecular complexity index is 370. The van der Waals surface area contributed by atoms with Crippen molar-refractivity contribution in [1.29, 1.82) is 0 Å². The smallest absolute Gasteiger partial charge is 0.124 e. The molecule has 0 spiro atoms. The van der Waals surface area contributed by atoms with E-state index in [1.807, 2.05) is 0 Å². The van der Waals surface area contributed by atoms with Crippen molar-refractivity contribution in [3.8, 4) is 5.75 Å². The summed E-state index contributed by atoms with van der Waals surface area (Å²) >= 11 is 0. The Kier molecular flexibility index (Phi) is 4.02. The predicted octanol–water partition coefficient (Wildman–Crippen LogP) is 1.93. The Hall–Kier alpha value is -1.06. The highest BCUT2D eigenvalue weighted by Crippen LogP contribution is 2.24. The lowest BCUT2D eigenvalue weighted by Crippen LogP contribution is -2.35. The van der Waals surface area contributed by atoms with E-state index in [0.29, 0.717) is 12.6 Å². The van der Waals surface area contributed by atoms with Crippen molar-refractivity contribution in [2.45, 2.75) is 32.4 Å². The number of benzene rings is 1.